The van der Waals surface area contributed by atoms with Crippen LogP contribution in [0.5, 0.6) is 0 Å². The lowest BCUT2D eigenvalue weighted by atomic mass is 10.0. The third kappa shape index (κ3) is 4.09. The fourth-order valence-electron chi connectivity index (χ4n) is 2.53. The molecule has 0 spiro atoms. The molecule has 2 rings (SSSR count). The van der Waals surface area contributed by atoms with E-state index in [1.165, 1.54) is 11.1 Å². The highest BCUT2D eigenvalue weighted by Gasteiger charge is 2.13. The average Bonchev–Trinajstić information content (AvgIpc) is 2.48. The molecule has 0 amide bonds. The van der Waals surface area contributed by atoms with Gasteiger partial charge in [0.2, 0.25) is 0 Å². The van der Waals surface area contributed by atoms with Crippen molar-refractivity contribution in [1.29, 1.82) is 0 Å². The van der Waals surface area contributed by atoms with Crippen LogP contribution in [0.2, 0.25) is 5.02 Å². The number of hydrogen-bond donors (Lipinski definition) is 1. The van der Waals surface area contributed by atoms with Crippen LogP contribution in [0, 0.1) is 0 Å². The second-order valence-electron chi connectivity index (χ2n) is 5.23. The van der Waals surface area contributed by atoms with Gasteiger partial charge in [-0.25, -0.2) is 0 Å². The van der Waals surface area contributed by atoms with Crippen LogP contribution in [0.4, 0.5) is 0 Å². The van der Waals surface area contributed by atoms with Gasteiger partial charge in [-0.2, -0.15) is 0 Å². The summed E-state index contributed by atoms with van der Waals surface area (Å²) in [5.74, 6) is 0. The topological polar surface area (TPSA) is 12.0 Å². The molecule has 1 nitrogen and oxygen atoms in total. The minimum atomic E-state index is 0.389. The lowest BCUT2D eigenvalue weighted by Crippen LogP contribution is -2.32. The molecule has 0 aliphatic rings. The Labute approximate surface area is 127 Å². The van der Waals surface area contributed by atoms with Crippen molar-refractivity contribution < 1.29 is 0 Å². The molecule has 106 valence electrons. The van der Waals surface area contributed by atoms with E-state index in [9.17, 15) is 0 Å². The van der Waals surface area contributed by atoms with Gasteiger partial charge in [0.15, 0.2) is 0 Å². The van der Waals surface area contributed by atoms with Crippen molar-refractivity contribution in [3.05, 3.63) is 70.7 Å². The zero-order valence-electron chi connectivity index (χ0n) is 12.1. The highest BCUT2D eigenvalue weighted by molar-refractivity contribution is 6.31. The number of hydrogen-bond acceptors (Lipinski definition) is 1. The zero-order valence-corrected chi connectivity index (χ0v) is 12.9. The lowest BCUT2D eigenvalue weighted by Gasteiger charge is -2.23. The zero-order chi connectivity index (χ0) is 14.4. The van der Waals surface area contributed by atoms with E-state index in [1.807, 2.05) is 18.2 Å². The molecule has 0 fully saturated rings. The molecule has 0 heterocycles. The molecule has 0 saturated carbocycles. The summed E-state index contributed by atoms with van der Waals surface area (Å²) in [7, 11) is 0. The number of rotatable bonds is 6. The molecule has 2 atom stereocenters. The van der Waals surface area contributed by atoms with E-state index >= 15 is 0 Å². The summed E-state index contributed by atoms with van der Waals surface area (Å²) in [6.45, 7) is 4.43. The Bertz CT molecular complexity index is 524. The summed E-state index contributed by atoms with van der Waals surface area (Å²) >= 11 is 6.23. The Balaban J connectivity index is 2.00. The minimum absolute atomic E-state index is 0.389. The molecule has 20 heavy (non-hydrogen) atoms. The molecular weight excluding hydrogens is 266 g/mol. The molecule has 2 heteroatoms. The predicted octanol–water partition coefficient (Wildman–Crippen LogP) is 5.01. The first-order chi connectivity index (χ1) is 9.70. The van der Waals surface area contributed by atoms with Gasteiger partial charge >= 0.3 is 0 Å². The van der Waals surface area contributed by atoms with Crippen molar-refractivity contribution in [1.82, 2.24) is 5.32 Å². The predicted molar refractivity (Wildman–Crippen MR) is 87.2 cm³/mol. The quantitative estimate of drug-likeness (QED) is 0.787. The van der Waals surface area contributed by atoms with Gasteiger partial charge in [0.25, 0.3) is 0 Å². The van der Waals surface area contributed by atoms with E-state index < -0.39 is 0 Å². The maximum Gasteiger partial charge on any atom is 0.0438 e. The van der Waals surface area contributed by atoms with Gasteiger partial charge in [-0.1, -0.05) is 67.1 Å². The van der Waals surface area contributed by atoms with Crippen LogP contribution >= 0.6 is 11.6 Å². The van der Waals surface area contributed by atoms with Gasteiger partial charge < -0.3 is 5.32 Å². The van der Waals surface area contributed by atoms with Crippen molar-refractivity contribution in [2.24, 2.45) is 0 Å². The molecule has 0 saturated heterocycles. The van der Waals surface area contributed by atoms with Crippen LogP contribution in [0.25, 0.3) is 0 Å². The number of halogens is 1. The van der Waals surface area contributed by atoms with Crippen LogP contribution < -0.4 is 5.32 Å². The first-order valence-corrected chi connectivity index (χ1v) is 7.63. The SMILES string of the molecule is CCC(NC(C)Cc1ccccc1Cl)c1ccccc1. The average molecular weight is 288 g/mol. The summed E-state index contributed by atoms with van der Waals surface area (Å²) in [6, 6.07) is 19.5. The largest absolute Gasteiger partial charge is 0.307 e. The Morgan fingerprint density at radius 3 is 2.30 bits per heavy atom. The van der Waals surface area contributed by atoms with Crippen LogP contribution in [0.15, 0.2) is 54.6 Å². The van der Waals surface area contributed by atoms with Crippen LogP contribution in [-0.2, 0) is 6.42 Å². The number of benzene rings is 2. The van der Waals surface area contributed by atoms with Crippen molar-refractivity contribution in [3.8, 4) is 0 Å². The van der Waals surface area contributed by atoms with E-state index in [-0.39, 0.29) is 0 Å². The van der Waals surface area contributed by atoms with Gasteiger partial charge in [0.1, 0.15) is 0 Å². The first kappa shape index (κ1) is 15.1. The molecule has 2 aromatic carbocycles. The monoisotopic (exact) mass is 287 g/mol. The molecular formula is C18H22ClN. The Kier molecular flexibility index (Phi) is 5.63. The van der Waals surface area contributed by atoms with Crippen molar-refractivity contribution in [2.45, 2.75) is 38.8 Å². The second-order valence-corrected chi connectivity index (χ2v) is 5.64. The van der Waals surface area contributed by atoms with Gasteiger partial charge in [-0.05, 0) is 37.0 Å². The second kappa shape index (κ2) is 7.47. The van der Waals surface area contributed by atoms with Crippen LogP contribution in [0.3, 0.4) is 0 Å². The summed E-state index contributed by atoms with van der Waals surface area (Å²) in [4.78, 5) is 0. The molecule has 0 bridgehead atoms. The third-order valence-electron chi connectivity index (χ3n) is 3.58. The molecule has 0 radical (unpaired) electrons. The Morgan fingerprint density at radius 1 is 1.00 bits per heavy atom. The van der Waals surface area contributed by atoms with Gasteiger partial charge in [0, 0.05) is 17.1 Å². The van der Waals surface area contributed by atoms with E-state index in [1.54, 1.807) is 0 Å². The van der Waals surface area contributed by atoms with E-state index in [2.05, 4.69) is 55.6 Å². The molecule has 2 aromatic rings. The molecule has 0 aromatic heterocycles. The van der Waals surface area contributed by atoms with Crippen molar-refractivity contribution in [2.75, 3.05) is 0 Å². The molecule has 2 unspecified atom stereocenters. The Hall–Kier alpha value is -1.31. The number of nitrogens with one attached hydrogen (secondary N) is 1. The summed E-state index contributed by atoms with van der Waals surface area (Å²) in [5, 5.41) is 4.56. The summed E-state index contributed by atoms with van der Waals surface area (Å²) < 4.78 is 0. The molecule has 0 aliphatic heterocycles. The fraction of sp³-hybridized carbons (Fsp3) is 0.333. The maximum atomic E-state index is 6.23. The van der Waals surface area contributed by atoms with Crippen molar-refractivity contribution in [3.63, 3.8) is 0 Å². The maximum absolute atomic E-state index is 6.23. The van der Waals surface area contributed by atoms with Crippen molar-refractivity contribution >= 4 is 11.6 Å². The highest BCUT2D eigenvalue weighted by Crippen LogP contribution is 2.20. The van der Waals surface area contributed by atoms with E-state index in [0.717, 1.165) is 17.9 Å². The fourth-order valence-corrected chi connectivity index (χ4v) is 2.74. The smallest absolute Gasteiger partial charge is 0.0438 e. The normalized spacial score (nSPS) is 13.9. The first-order valence-electron chi connectivity index (χ1n) is 7.25. The van der Waals surface area contributed by atoms with Gasteiger partial charge in [0.05, 0.1) is 0 Å². The van der Waals surface area contributed by atoms with Crippen LogP contribution in [0.1, 0.15) is 37.4 Å². The van der Waals surface area contributed by atoms with Crippen LogP contribution in [-0.4, -0.2) is 6.04 Å². The van der Waals surface area contributed by atoms with Gasteiger partial charge in [-0.15, -0.1) is 0 Å². The minimum Gasteiger partial charge on any atom is -0.307 e. The third-order valence-corrected chi connectivity index (χ3v) is 3.95. The molecule has 1 N–H and O–H groups in total. The summed E-state index contributed by atoms with van der Waals surface area (Å²) in [6.07, 6.45) is 2.03. The van der Waals surface area contributed by atoms with E-state index in [4.69, 9.17) is 11.6 Å². The van der Waals surface area contributed by atoms with Gasteiger partial charge in [-0.3, -0.25) is 0 Å². The standard InChI is InChI=1S/C18H22ClN/c1-3-18(15-9-5-4-6-10-15)20-14(2)13-16-11-7-8-12-17(16)19/h4-12,14,18,20H,3,13H2,1-2H3. The highest BCUT2D eigenvalue weighted by atomic mass is 35.5. The Morgan fingerprint density at radius 2 is 1.65 bits per heavy atom. The lowest BCUT2D eigenvalue weighted by molar-refractivity contribution is 0.443. The summed E-state index contributed by atoms with van der Waals surface area (Å²) in [5.41, 5.74) is 2.55. The van der Waals surface area contributed by atoms with E-state index in [0.29, 0.717) is 12.1 Å². The molecule has 0 aliphatic carbocycles.